The molecule has 4 nitrogen and oxygen atoms in total. The third-order valence-corrected chi connectivity index (χ3v) is 2.03. The van der Waals surface area contributed by atoms with Crippen molar-refractivity contribution in [3.63, 3.8) is 0 Å². The second-order valence-electron chi connectivity index (χ2n) is 2.62. The maximum absolute atomic E-state index is 10.8. The second kappa shape index (κ2) is 1.45. The zero-order valence-corrected chi connectivity index (χ0v) is 5.16. The van der Waals surface area contributed by atoms with Gasteiger partial charge in [-0.1, -0.05) is 0 Å². The van der Waals surface area contributed by atoms with Gasteiger partial charge in [0, 0.05) is 0 Å². The summed E-state index contributed by atoms with van der Waals surface area (Å²) < 4.78 is 0. The summed E-state index contributed by atoms with van der Waals surface area (Å²) in [7, 11) is 0. The standard InChI is InChI=1S/C6H7NO3/c8-4-2-1-3(5(4)9)7-6(2)10/h2-3,8-9H,1H2,(H,7,10)/t2-,3+/m0/s1. The van der Waals surface area contributed by atoms with E-state index in [4.69, 9.17) is 10.2 Å². The first-order valence-electron chi connectivity index (χ1n) is 3.12. The highest BCUT2D eigenvalue weighted by Gasteiger charge is 2.45. The lowest BCUT2D eigenvalue weighted by molar-refractivity contribution is -0.122. The van der Waals surface area contributed by atoms with Crippen molar-refractivity contribution in [3.05, 3.63) is 11.5 Å². The first-order valence-corrected chi connectivity index (χ1v) is 3.12. The van der Waals surface area contributed by atoms with E-state index in [2.05, 4.69) is 5.32 Å². The molecule has 2 atom stereocenters. The van der Waals surface area contributed by atoms with Crippen molar-refractivity contribution in [1.82, 2.24) is 5.32 Å². The lowest BCUT2D eigenvalue weighted by atomic mass is 10.1. The number of aliphatic hydroxyl groups is 2. The molecule has 2 bridgehead atoms. The van der Waals surface area contributed by atoms with E-state index >= 15 is 0 Å². The van der Waals surface area contributed by atoms with E-state index in [1.807, 2.05) is 0 Å². The van der Waals surface area contributed by atoms with Gasteiger partial charge in [0.1, 0.15) is 11.7 Å². The van der Waals surface area contributed by atoms with Crippen LogP contribution in [0.3, 0.4) is 0 Å². The molecule has 54 valence electrons. The lowest BCUT2D eigenvalue weighted by Gasteiger charge is -2.10. The van der Waals surface area contributed by atoms with Gasteiger partial charge in [-0.3, -0.25) is 4.79 Å². The van der Waals surface area contributed by atoms with E-state index in [1.54, 1.807) is 0 Å². The summed E-state index contributed by atoms with van der Waals surface area (Å²) in [5.74, 6) is -0.872. The average molecular weight is 141 g/mol. The Labute approximate surface area is 57.2 Å². The largest absolute Gasteiger partial charge is 0.508 e. The third-order valence-electron chi connectivity index (χ3n) is 2.03. The Hall–Kier alpha value is -1.19. The summed E-state index contributed by atoms with van der Waals surface area (Å²) in [6.45, 7) is 0. The molecule has 2 aliphatic rings. The molecular formula is C6H7NO3. The van der Waals surface area contributed by atoms with Gasteiger partial charge in [-0.2, -0.15) is 0 Å². The number of nitrogens with one attached hydrogen (secondary N) is 1. The van der Waals surface area contributed by atoms with Gasteiger partial charge < -0.3 is 15.5 Å². The van der Waals surface area contributed by atoms with Gasteiger partial charge in [0.15, 0.2) is 5.76 Å². The van der Waals surface area contributed by atoms with Crippen LogP contribution >= 0.6 is 0 Å². The van der Waals surface area contributed by atoms with Crippen molar-refractivity contribution in [2.24, 2.45) is 5.92 Å². The third kappa shape index (κ3) is 0.442. The van der Waals surface area contributed by atoms with Crippen molar-refractivity contribution < 1.29 is 15.0 Å². The summed E-state index contributed by atoms with van der Waals surface area (Å²) in [4.78, 5) is 10.8. The molecule has 3 N–H and O–H groups in total. The van der Waals surface area contributed by atoms with E-state index in [0.717, 1.165) is 0 Å². The molecule has 10 heavy (non-hydrogen) atoms. The number of fused-ring (bicyclic) bond motifs is 2. The topological polar surface area (TPSA) is 69.6 Å². The summed E-state index contributed by atoms with van der Waals surface area (Å²) >= 11 is 0. The predicted octanol–water partition coefficient (Wildman–Crippen LogP) is -0.168. The van der Waals surface area contributed by atoms with Crippen LogP contribution in [0.2, 0.25) is 0 Å². The predicted molar refractivity (Wildman–Crippen MR) is 32.3 cm³/mol. The fourth-order valence-corrected chi connectivity index (χ4v) is 1.45. The highest BCUT2D eigenvalue weighted by atomic mass is 16.3. The molecule has 0 spiro atoms. The fourth-order valence-electron chi connectivity index (χ4n) is 1.45. The summed E-state index contributed by atoms with van der Waals surface area (Å²) in [5.41, 5.74) is 0. The summed E-state index contributed by atoms with van der Waals surface area (Å²) in [5, 5.41) is 20.6. The molecule has 0 aromatic rings. The Morgan fingerprint density at radius 1 is 1.40 bits per heavy atom. The monoisotopic (exact) mass is 141 g/mol. The maximum Gasteiger partial charge on any atom is 0.231 e. The Morgan fingerprint density at radius 3 is 2.50 bits per heavy atom. The van der Waals surface area contributed by atoms with Crippen LogP contribution < -0.4 is 5.32 Å². The molecule has 0 unspecified atom stereocenters. The molecule has 0 aromatic heterocycles. The molecule has 1 amide bonds. The Morgan fingerprint density at radius 2 is 2.10 bits per heavy atom. The normalized spacial score (nSPS) is 37.0. The second-order valence-corrected chi connectivity index (χ2v) is 2.62. The zero-order valence-electron chi connectivity index (χ0n) is 5.16. The van der Waals surface area contributed by atoms with E-state index in [1.165, 1.54) is 0 Å². The minimum atomic E-state index is -0.481. The van der Waals surface area contributed by atoms with Crippen LogP contribution in [0, 0.1) is 5.92 Å². The number of rotatable bonds is 0. The van der Waals surface area contributed by atoms with E-state index in [0.29, 0.717) is 6.42 Å². The Kier molecular flexibility index (Phi) is 0.809. The van der Waals surface area contributed by atoms with Crippen molar-refractivity contribution in [2.45, 2.75) is 12.5 Å². The first kappa shape index (κ1) is 5.58. The van der Waals surface area contributed by atoms with Crippen molar-refractivity contribution in [1.29, 1.82) is 0 Å². The van der Waals surface area contributed by atoms with E-state index in [-0.39, 0.29) is 23.5 Å². The van der Waals surface area contributed by atoms with Crippen LogP contribution in [0.25, 0.3) is 0 Å². The summed E-state index contributed by atoms with van der Waals surface area (Å²) in [6, 6.07) is -0.322. The molecule has 0 radical (unpaired) electrons. The van der Waals surface area contributed by atoms with Gasteiger partial charge >= 0.3 is 0 Å². The zero-order chi connectivity index (χ0) is 7.30. The number of aliphatic hydroxyl groups excluding tert-OH is 2. The summed E-state index contributed by atoms with van der Waals surface area (Å²) in [6.07, 6.45) is 0.510. The number of hydrogen-bond donors (Lipinski definition) is 3. The molecule has 4 heteroatoms. The number of amides is 1. The van der Waals surface area contributed by atoms with Crippen molar-refractivity contribution in [3.8, 4) is 0 Å². The molecular weight excluding hydrogens is 134 g/mol. The quantitative estimate of drug-likeness (QED) is 0.438. The minimum Gasteiger partial charge on any atom is -0.508 e. The van der Waals surface area contributed by atoms with Gasteiger partial charge in [0.25, 0.3) is 0 Å². The number of carbonyl (C=O) groups excluding carboxylic acids is 1. The number of hydrogen-bond acceptors (Lipinski definition) is 3. The van der Waals surface area contributed by atoms with Gasteiger partial charge in [-0.05, 0) is 6.42 Å². The van der Waals surface area contributed by atoms with Crippen LogP contribution in [0.5, 0.6) is 0 Å². The van der Waals surface area contributed by atoms with Gasteiger partial charge in [-0.25, -0.2) is 0 Å². The molecule has 1 fully saturated rings. The molecule has 1 aliphatic carbocycles. The average Bonchev–Trinajstić information content (AvgIpc) is 2.36. The highest BCUT2D eigenvalue weighted by molar-refractivity contribution is 5.86. The maximum atomic E-state index is 10.8. The van der Waals surface area contributed by atoms with Crippen LogP contribution in [0.15, 0.2) is 11.5 Å². The minimum absolute atomic E-state index is 0.0652. The van der Waals surface area contributed by atoms with Crippen molar-refractivity contribution in [2.75, 3.05) is 0 Å². The van der Waals surface area contributed by atoms with Crippen LogP contribution in [-0.4, -0.2) is 22.2 Å². The van der Waals surface area contributed by atoms with E-state index in [9.17, 15) is 4.79 Å². The molecule has 1 heterocycles. The van der Waals surface area contributed by atoms with Gasteiger partial charge in [0.05, 0.1) is 6.04 Å². The van der Waals surface area contributed by atoms with Gasteiger partial charge in [-0.15, -0.1) is 0 Å². The smallest absolute Gasteiger partial charge is 0.231 e. The van der Waals surface area contributed by atoms with Crippen molar-refractivity contribution >= 4 is 5.91 Å². The Bertz CT molecular complexity index is 233. The van der Waals surface area contributed by atoms with Crippen LogP contribution in [-0.2, 0) is 4.79 Å². The van der Waals surface area contributed by atoms with Crippen LogP contribution in [0.4, 0.5) is 0 Å². The van der Waals surface area contributed by atoms with Gasteiger partial charge in [0.2, 0.25) is 5.91 Å². The van der Waals surface area contributed by atoms with E-state index < -0.39 is 5.92 Å². The number of carbonyl (C=O) groups is 1. The first-order chi connectivity index (χ1) is 4.70. The molecule has 1 aliphatic heterocycles. The molecule has 2 rings (SSSR count). The fraction of sp³-hybridized carbons (Fsp3) is 0.500. The molecule has 0 aromatic carbocycles. The highest BCUT2D eigenvalue weighted by Crippen LogP contribution is 2.34. The van der Waals surface area contributed by atoms with Crippen LogP contribution in [0.1, 0.15) is 6.42 Å². The molecule has 0 saturated carbocycles. The molecule has 1 saturated heterocycles. The lowest BCUT2D eigenvalue weighted by Crippen LogP contribution is -2.32. The SMILES string of the molecule is O=C1N[C@@H]2C[C@H]1C(O)=C2O. The Balaban J connectivity index is 2.42.